The van der Waals surface area contributed by atoms with Crippen LogP contribution in [0.5, 0.6) is 0 Å². The maximum atomic E-state index is 13.2. The van der Waals surface area contributed by atoms with Gasteiger partial charge in [0.05, 0.1) is 21.5 Å². The van der Waals surface area contributed by atoms with Gasteiger partial charge in [0.2, 0.25) is 0 Å². The smallest absolute Gasteiger partial charge is 0.138 e. The summed E-state index contributed by atoms with van der Waals surface area (Å²) in [4.78, 5) is 1.73. The first kappa shape index (κ1) is 11.1. The van der Waals surface area contributed by atoms with E-state index in [9.17, 15) is 4.39 Å². The van der Waals surface area contributed by atoms with Gasteiger partial charge in [0.1, 0.15) is 5.82 Å². The Labute approximate surface area is 96.4 Å². The van der Waals surface area contributed by atoms with Crippen LogP contribution in [0.4, 0.5) is 15.8 Å². The van der Waals surface area contributed by atoms with Crippen molar-refractivity contribution in [2.24, 2.45) is 0 Å². The lowest BCUT2D eigenvalue weighted by Gasteiger charge is -2.18. The first-order valence-corrected chi connectivity index (χ1v) is 5.03. The maximum absolute atomic E-state index is 13.2. The summed E-state index contributed by atoms with van der Waals surface area (Å²) in [6.45, 7) is 0.407. The molecule has 1 rings (SSSR count). The summed E-state index contributed by atoms with van der Waals surface area (Å²) in [5.74, 6) is 2.19. The van der Waals surface area contributed by atoms with E-state index >= 15 is 0 Å². The lowest BCUT2D eigenvalue weighted by molar-refractivity contribution is 0.620. The number of hydrogen-bond donors (Lipinski definition) is 1. The summed E-state index contributed by atoms with van der Waals surface area (Å²) in [5.41, 5.74) is 6.90. The predicted octanol–water partition coefficient (Wildman–Crippen LogP) is 2.08. The number of hydrogen-bond acceptors (Lipinski definition) is 2. The van der Waals surface area contributed by atoms with Crippen molar-refractivity contribution in [1.82, 2.24) is 0 Å². The van der Waals surface area contributed by atoms with Gasteiger partial charge in [0.25, 0.3) is 0 Å². The average Bonchev–Trinajstić information content (AvgIpc) is 2.11. The van der Waals surface area contributed by atoms with Crippen LogP contribution in [0.1, 0.15) is 0 Å². The molecule has 2 N–H and O–H groups in total. The monoisotopic (exact) mass is 304 g/mol. The number of nitrogen functional groups attached to an aromatic ring is 1. The second-order valence-corrected chi connectivity index (χ2v) is 4.05. The van der Waals surface area contributed by atoms with E-state index < -0.39 is 0 Å². The Morgan fingerprint density at radius 3 is 2.86 bits per heavy atom. The van der Waals surface area contributed by atoms with E-state index in [4.69, 9.17) is 12.2 Å². The van der Waals surface area contributed by atoms with Gasteiger partial charge in [-0.1, -0.05) is 5.92 Å². The zero-order chi connectivity index (χ0) is 10.7. The lowest BCUT2D eigenvalue weighted by Crippen LogP contribution is -2.18. The van der Waals surface area contributed by atoms with E-state index in [1.54, 1.807) is 18.0 Å². The zero-order valence-corrected chi connectivity index (χ0v) is 9.88. The van der Waals surface area contributed by atoms with Crippen molar-refractivity contribution in [3.05, 3.63) is 21.5 Å². The molecule has 0 saturated heterocycles. The van der Waals surface area contributed by atoms with Gasteiger partial charge in [-0.3, -0.25) is 0 Å². The molecular formula is C10H10FIN2. The molecule has 0 bridgehead atoms. The number of benzene rings is 1. The summed E-state index contributed by atoms with van der Waals surface area (Å²) >= 11 is 1.90. The molecular weight excluding hydrogens is 294 g/mol. The number of terminal acetylenes is 1. The van der Waals surface area contributed by atoms with Crippen molar-refractivity contribution >= 4 is 34.0 Å². The lowest BCUT2D eigenvalue weighted by atomic mass is 10.2. The molecule has 0 heterocycles. The minimum absolute atomic E-state index is 0.279. The van der Waals surface area contributed by atoms with Crippen molar-refractivity contribution in [1.29, 1.82) is 0 Å². The van der Waals surface area contributed by atoms with E-state index in [1.165, 1.54) is 6.07 Å². The summed E-state index contributed by atoms with van der Waals surface area (Å²) in [5, 5.41) is 0. The molecule has 0 saturated carbocycles. The molecule has 14 heavy (non-hydrogen) atoms. The quantitative estimate of drug-likeness (QED) is 0.515. The van der Waals surface area contributed by atoms with Crippen molar-refractivity contribution in [2.45, 2.75) is 0 Å². The number of halogens is 2. The Hall–Kier alpha value is -0.960. The van der Waals surface area contributed by atoms with Crippen molar-refractivity contribution in [3.8, 4) is 12.3 Å². The Morgan fingerprint density at radius 2 is 2.29 bits per heavy atom. The highest BCUT2D eigenvalue weighted by molar-refractivity contribution is 14.1. The molecule has 4 heteroatoms. The average molecular weight is 304 g/mol. The Kier molecular flexibility index (Phi) is 3.58. The van der Waals surface area contributed by atoms with Gasteiger partial charge in [-0.15, -0.1) is 6.42 Å². The van der Waals surface area contributed by atoms with Crippen LogP contribution in [0.2, 0.25) is 0 Å². The van der Waals surface area contributed by atoms with Gasteiger partial charge < -0.3 is 10.6 Å². The van der Waals surface area contributed by atoms with E-state index in [-0.39, 0.29) is 5.82 Å². The number of anilines is 2. The number of nitrogens with two attached hydrogens (primary N) is 1. The number of rotatable bonds is 2. The molecule has 2 nitrogen and oxygen atoms in total. The normalized spacial score (nSPS) is 9.57. The molecule has 0 atom stereocenters. The van der Waals surface area contributed by atoms with Crippen molar-refractivity contribution in [3.63, 3.8) is 0 Å². The molecule has 0 amide bonds. The van der Waals surface area contributed by atoms with Crippen LogP contribution < -0.4 is 10.6 Å². The fourth-order valence-electron chi connectivity index (χ4n) is 1.10. The Balaban J connectivity index is 3.10. The van der Waals surface area contributed by atoms with Crippen LogP contribution in [-0.4, -0.2) is 13.6 Å². The summed E-state index contributed by atoms with van der Waals surface area (Å²) < 4.78 is 13.7. The molecule has 0 aliphatic heterocycles. The largest absolute Gasteiger partial charge is 0.397 e. The molecule has 1 aromatic carbocycles. The SMILES string of the molecule is C#CCN(C)c1cc(F)c(I)cc1N. The standard InChI is InChI=1S/C10H10FIN2/c1-3-4-14(2)10-5-7(11)8(12)6-9(10)13/h1,5-6H,4,13H2,2H3. The van der Waals surface area contributed by atoms with Gasteiger partial charge in [0.15, 0.2) is 0 Å². The minimum Gasteiger partial charge on any atom is -0.397 e. The van der Waals surface area contributed by atoms with E-state index in [1.807, 2.05) is 22.6 Å². The van der Waals surface area contributed by atoms with E-state index in [2.05, 4.69) is 5.92 Å². The molecule has 0 fully saturated rings. The molecule has 0 spiro atoms. The zero-order valence-electron chi connectivity index (χ0n) is 7.72. The fourth-order valence-corrected chi connectivity index (χ4v) is 1.60. The molecule has 0 aliphatic carbocycles. The number of nitrogens with zero attached hydrogens (tertiary/aromatic N) is 1. The molecule has 74 valence electrons. The van der Waals surface area contributed by atoms with Crippen LogP contribution in [-0.2, 0) is 0 Å². The van der Waals surface area contributed by atoms with Crippen molar-refractivity contribution in [2.75, 3.05) is 24.2 Å². The van der Waals surface area contributed by atoms with Gasteiger partial charge in [-0.05, 0) is 28.7 Å². The molecule has 0 aromatic heterocycles. The van der Waals surface area contributed by atoms with Crippen molar-refractivity contribution < 1.29 is 4.39 Å². The van der Waals surface area contributed by atoms with Gasteiger partial charge >= 0.3 is 0 Å². The third-order valence-electron chi connectivity index (χ3n) is 1.81. The molecule has 1 aromatic rings. The van der Waals surface area contributed by atoms with E-state index in [0.29, 0.717) is 21.5 Å². The molecule has 0 radical (unpaired) electrons. The van der Waals surface area contributed by atoms with Crippen LogP contribution in [0, 0.1) is 21.7 Å². The topological polar surface area (TPSA) is 29.3 Å². The summed E-state index contributed by atoms with van der Waals surface area (Å²) in [6.07, 6.45) is 5.16. The predicted molar refractivity (Wildman–Crippen MR) is 65.6 cm³/mol. The first-order chi connectivity index (χ1) is 6.56. The second kappa shape index (κ2) is 4.51. The van der Waals surface area contributed by atoms with Gasteiger partial charge in [0, 0.05) is 13.1 Å². The fraction of sp³-hybridized carbons (Fsp3) is 0.200. The highest BCUT2D eigenvalue weighted by Gasteiger charge is 2.08. The van der Waals surface area contributed by atoms with Gasteiger partial charge in [-0.2, -0.15) is 0 Å². The highest BCUT2D eigenvalue weighted by Crippen LogP contribution is 2.26. The summed E-state index contributed by atoms with van der Waals surface area (Å²) in [6, 6.07) is 2.99. The first-order valence-electron chi connectivity index (χ1n) is 3.95. The maximum Gasteiger partial charge on any atom is 0.138 e. The van der Waals surface area contributed by atoms with Crippen LogP contribution in [0.25, 0.3) is 0 Å². The van der Waals surface area contributed by atoms with E-state index in [0.717, 1.165) is 0 Å². The van der Waals surface area contributed by atoms with Gasteiger partial charge in [-0.25, -0.2) is 4.39 Å². The van der Waals surface area contributed by atoms with Crippen LogP contribution in [0.3, 0.4) is 0 Å². The Morgan fingerprint density at radius 1 is 1.64 bits per heavy atom. The third kappa shape index (κ3) is 2.29. The van der Waals surface area contributed by atoms with Crippen LogP contribution >= 0.6 is 22.6 Å². The molecule has 0 aliphatic rings. The highest BCUT2D eigenvalue weighted by atomic mass is 127. The van der Waals surface area contributed by atoms with Crippen LogP contribution in [0.15, 0.2) is 12.1 Å². The Bertz CT molecular complexity index is 384. The third-order valence-corrected chi connectivity index (χ3v) is 2.64. The minimum atomic E-state index is -0.279. The second-order valence-electron chi connectivity index (χ2n) is 2.89. The summed E-state index contributed by atoms with van der Waals surface area (Å²) in [7, 11) is 1.78. The molecule has 0 unspecified atom stereocenters.